The van der Waals surface area contributed by atoms with Crippen molar-refractivity contribution in [1.29, 1.82) is 0 Å². The Morgan fingerprint density at radius 3 is 2.61 bits per heavy atom. The average Bonchev–Trinajstić information content (AvgIpc) is 3.76. The number of methoxy groups -OCH3 is 1. The molecule has 0 radical (unpaired) electrons. The Morgan fingerprint density at radius 1 is 1.16 bits per heavy atom. The lowest BCUT2D eigenvalue weighted by molar-refractivity contribution is -0.123. The van der Waals surface area contributed by atoms with Crippen molar-refractivity contribution in [3.05, 3.63) is 24.7 Å². The third-order valence-corrected chi connectivity index (χ3v) is 10.4. The smallest absolute Gasteiger partial charge is 0.325 e. The predicted molar refractivity (Wildman–Crippen MR) is 171 cm³/mol. The van der Waals surface area contributed by atoms with Gasteiger partial charge in [-0.05, 0) is 30.5 Å². The Morgan fingerprint density at radius 2 is 1.90 bits per heavy atom. The summed E-state index contributed by atoms with van der Waals surface area (Å²) in [4.78, 5) is 40.9. The van der Waals surface area contributed by atoms with Crippen molar-refractivity contribution in [2.75, 3.05) is 26.1 Å². The number of hydrogen-bond donors (Lipinski definition) is 7. The van der Waals surface area contributed by atoms with Crippen molar-refractivity contribution in [3.8, 4) is 0 Å². The number of nitrogens with one attached hydrogen (secondary N) is 1. The minimum Gasteiger partial charge on any atom is -0.387 e. The summed E-state index contributed by atoms with van der Waals surface area (Å²) in [7, 11) is -1.27. The first-order valence-electron chi connectivity index (χ1n) is 14.3. The quantitative estimate of drug-likeness (QED) is 0.115. The monoisotopic (exact) mass is 772 g/mol. The zero-order valence-corrected chi connectivity index (χ0v) is 29.0. The molecule has 20 nitrogen and oxygen atoms in total. The highest BCUT2D eigenvalue weighted by atomic mass is 32.5. The fourth-order valence-corrected chi connectivity index (χ4v) is 7.70. The van der Waals surface area contributed by atoms with Crippen molar-refractivity contribution in [2.24, 2.45) is 10.7 Å². The minimum atomic E-state index is -4.61. The summed E-state index contributed by atoms with van der Waals surface area (Å²) in [5, 5.41) is 24.0. The van der Waals surface area contributed by atoms with Crippen molar-refractivity contribution in [3.63, 3.8) is 0 Å². The molecule has 0 bridgehead atoms. The van der Waals surface area contributed by atoms with Gasteiger partial charge in [-0.1, -0.05) is 0 Å². The van der Waals surface area contributed by atoms with Gasteiger partial charge in [0.2, 0.25) is 0 Å². The van der Waals surface area contributed by atoms with E-state index in [1.807, 2.05) is 0 Å². The molecule has 0 aromatic carbocycles. The van der Waals surface area contributed by atoms with Crippen LogP contribution in [-0.4, -0.2) is 111 Å². The lowest BCUT2D eigenvalue weighted by Crippen LogP contribution is -2.45. The van der Waals surface area contributed by atoms with Crippen molar-refractivity contribution in [2.45, 2.75) is 68.0 Å². The number of aliphatic hydroxyl groups is 2. The molecular weight excluding hydrogens is 740 g/mol. The van der Waals surface area contributed by atoms with Crippen LogP contribution in [0.4, 0.5) is 20.4 Å². The number of halogens is 2. The molecule has 49 heavy (non-hydrogen) atoms. The molecule has 6 rings (SSSR count). The SMILES string of the molecule is CO[C@H]1[C@@H](n2cnc3c(N)ncnc32)O[C@](C)(COP(O)(=S)O[C@H]2[C@H](n3cnc4c3N=C(N)NC4O)O[C@H](CCO[PH](O)=S)C2(F)F)[C@H]1O. The zero-order chi connectivity index (χ0) is 35.5. The van der Waals surface area contributed by atoms with Crippen LogP contribution in [0.25, 0.3) is 11.2 Å². The first-order valence-corrected chi connectivity index (χ1v) is 19.4. The van der Waals surface area contributed by atoms with Crippen LogP contribution >= 0.6 is 13.9 Å². The number of fused-ring (bicyclic) bond motifs is 2. The Balaban J connectivity index is 1.24. The van der Waals surface area contributed by atoms with Crippen LogP contribution in [0.1, 0.15) is 37.7 Å². The fourth-order valence-electron chi connectivity index (χ4n) is 5.71. The molecule has 10 atom stereocenters. The molecule has 9 N–H and O–H groups in total. The van der Waals surface area contributed by atoms with Crippen molar-refractivity contribution >= 4 is 66.2 Å². The van der Waals surface area contributed by atoms with Gasteiger partial charge in [-0.15, -0.1) is 0 Å². The Kier molecular flexibility index (Phi) is 10.1. The van der Waals surface area contributed by atoms with Gasteiger partial charge in [-0.3, -0.25) is 13.7 Å². The average molecular weight is 773 g/mol. The number of rotatable bonds is 12. The molecule has 0 aliphatic carbocycles. The molecule has 3 unspecified atom stereocenters. The highest BCUT2D eigenvalue weighted by molar-refractivity contribution is 8.07. The maximum absolute atomic E-state index is 16.0. The Labute approximate surface area is 286 Å². The second-order valence-electron chi connectivity index (χ2n) is 11.3. The van der Waals surface area contributed by atoms with Gasteiger partial charge in [0.25, 0.3) is 0 Å². The van der Waals surface area contributed by atoms with Gasteiger partial charge in [0.15, 0.2) is 55.2 Å². The molecule has 3 aliphatic rings. The standard InChI is InChI=1S/C23H32F2N10O10P2S2/c1-22(13(36)12(40-2)19(44-22)34-7-30-10-15(26)28-6-29-16(10)34)5-42-47(39,49)45-14-20(43-9(23(14,24)25)3-4-41-46(38)48)35-8-31-11-17(35)32-21(27)33-18(11)37/h6-9,12-14,18-20,36-37,46H,3-5H2,1-2H3,(H,38,48)(H,39,49)(H2,26,28,29)(H3,27,32,33)/t9-,12-,13+,14+,18?,19+,20-,22-,47?/m1/s1. The first-order chi connectivity index (χ1) is 23.1. The topological polar surface area (TPSA) is 274 Å². The van der Waals surface area contributed by atoms with Crippen LogP contribution in [0.5, 0.6) is 0 Å². The van der Waals surface area contributed by atoms with E-state index in [4.69, 9.17) is 51.1 Å². The summed E-state index contributed by atoms with van der Waals surface area (Å²) >= 11 is 9.79. The summed E-state index contributed by atoms with van der Waals surface area (Å²) in [6, 6.07) is 0. The Bertz CT molecular complexity index is 1820. The molecule has 6 heterocycles. The number of aromatic nitrogens is 6. The molecule has 0 saturated carbocycles. The molecule has 26 heteroatoms. The zero-order valence-electron chi connectivity index (χ0n) is 25.4. The van der Waals surface area contributed by atoms with E-state index in [1.165, 1.54) is 31.3 Å². The third-order valence-electron chi connectivity index (χ3n) is 8.12. The Hall–Kier alpha value is -2.41. The number of nitrogens with zero attached hydrogens (tertiary/aromatic N) is 7. The highest BCUT2D eigenvalue weighted by Crippen LogP contribution is 2.56. The number of aliphatic imine (C=N–C) groups is 1. The van der Waals surface area contributed by atoms with Crippen LogP contribution in [0.15, 0.2) is 24.0 Å². The van der Waals surface area contributed by atoms with Crippen LogP contribution in [0, 0.1) is 0 Å². The number of aliphatic hydroxyl groups excluding tert-OH is 2. The second kappa shape index (κ2) is 13.6. The summed E-state index contributed by atoms with van der Waals surface area (Å²) in [5.41, 5.74) is 10.5. The van der Waals surface area contributed by atoms with Crippen LogP contribution in [0.2, 0.25) is 0 Å². The minimum absolute atomic E-state index is 0.0488. The number of ether oxygens (including phenoxy) is 3. The third kappa shape index (κ3) is 6.83. The maximum Gasteiger partial charge on any atom is 0.325 e. The number of alkyl halides is 2. The van der Waals surface area contributed by atoms with Gasteiger partial charge < -0.3 is 60.0 Å². The highest BCUT2D eigenvalue weighted by Gasteiger charge is 2.62. The van der Waals surface area contributed by atoms with Gasteiger partial charge in [-0.2, -0.15) is 4.99 Å². The van der Waals surface area contributed by atoms with Crippen LogP contribution < -0.4 is 16.8 Å². The lowest BCUT2D eigenvalue weighted by atomic mass is 9.98. The molecule has 3 aromatic heterocycles. The first kappa shape index (κ1) is 36.4. The van der Waals surface area contributed by atoms with E-state index in [0.29, 0.717) is 0 Å². The van der Waals surface area contributed by atoms with Gasteiger partial charge in [0.1, 0.15) is 41.5 Å². The summed E-state index contributed by atoms with van der Waals surface area (Å²) < 4.78 is 67.9. The van der Waals surface area contributed by atoms with E-state index < -0.39 is 81.5 Å². The molecule has 3 aromatic rings. The van der Waals surface area contributed by atoms with E-state index in [0.717, 1.165) is 10.9 Å². The molecule has 0 amide bonds. The number of nitrogens with two attached hydrogens (primary N) is 2. The van der Waals surface area contributed by atoms with Crippen molar-refractivity contribution in [1.82, 2.24) is 34.4 Å². The summed E-state index contributed by atoms with van der Waals surface area (Å²) in [5.74, 6) is -4.11. The molecule has 2 saturated heterocycles. The van der Waals surface area contributed by atoms with Gasteiger partial charge in [-0.25, -0.2) is 28.7 Å². The second-order valence-corrected chi connectivity index (χ2v) is 16.0. The van der Waals surface area contributed by atoms with Crippen LogP contribution in [-0.2, 0) is 51.4 Å². The normalized spacial score (nSPS) is 32.8. The summed E-state index contributed by atoms with van der Waals surface area (Å²) in [6.07, 6.45) is -7.63. The van der Waals surface area contributed by atoms with E-state index in [9.17, 15) is 20.0 Å². The summed E-state index contributed by atoms with van der Waals surface area (Å²) in [6.45, 7) is -4.21. The van der Waals surface area contributed by atoms with E-state index >= 15 is 8.78 Å². The molecule has 0 spiro atoms. The molecular formula is C23H32F2N10O10P2S2. The molecule has 270 valence electrons. The van der Waals surface area contributed by atoms with E-state index in [1.54, 1.807) is 0 Å². The largest absolute Gasteiger partial charge is 0.387 e. The van der Waals surface area contributed by atoms with Gasteiger partial charge in [0.05, 0.1) is 25.9 Å². The lowest BCUT2D eigenvalue weighted by Gasteiger charge is -2.32. The molecule has 3 aliphatic heterocycles. The fraction of sp³-hybridized carbons (Fsp3) is 0.609. The van der Waals surface area contributed by atoms with E-state index in [-0.39, 0.29) is 41.1 Å². The predicted octanol–water partition coefficient (Wildman–Crippen LogP) is -0.435. The number of nitrogen functional groups attached to an aromatic ring is 1. The van der Waals surface area contributed by atoms with Crippen molar-refractivity contribution < 1.29 is 56.6 Å². The number of imidazole rings is 2. The maximum atomic E-state index is 16.0. The van der Waals surface area contributed by atoms with Gasteiger partial charge in [0, 0.05) is 13.5 Å². The van der Waals surface area contributed by atoms with E-state index in [2.05, 4.69) is 42.1 Å². The number of guanidine groups is 1. The number of anilines is 1. The molecule has 2 fully saturated rings. The number of hydrogen-bond acceptors (Lipinski definition) is 18. The van der Waals surface area contributed by atoms with Crippen LogP contribution in [0.3, 0.4) is 0 Å². The van der Waals surface area contributed by atoms with Gasteiger partial charge >= 0.3 is 12.6 Å².